The van der Waals surface area contributed by atoms with Crippen molar-refractivity contribution in [1.82, 2.24) is 9.62 Å². The van der Waals surface area contributed by atoms with Crippen molar-refractivity contribution in [1.29, 1.82) is 0 Å². The molecule has 5 rings (SSSR count). The molecule has 1 heterocycles. The van der Waals surface area contributed by atoms with Gasteiger partial charge < -0.3 is 14.7 Å². The quantitative estimate of drug-likeness (QED) is 0.517. The van der Waals surface area contributed by atoms with E-state index in [0.29, 0.717) is 25.9 Å². The number of carbonyl (C=O) groups excluding carboxylic acids is 2. The number of carbonyl (C=O) groups is 2. The number of sulfonamides is 1. The van der Waals surface area contributed by atoms with Crippen molar-refractivity contribution in [3.63, 3.8) is 0 Å². The Morgan fingerprint density at radius 1 is 1.03 bits per heavy atom. The standard InChI is InChI=1S/C28H32N4O4S/c1-19-5-6-21-16-24(12-7-20(21)15-19)37(35,36)29-25-17-28(25)13-14-32(27(28)34)23-10-8-22(9-11-23)31(4)26(33)18-30(2)3/h5-12,15-16,25,29H,13-14,17-18H2,1-4H3/t25?,28-/m0/s1. The summed E-state index contributed by atoms with van der Waals surface area (Å²) in [7, 11) is 1.66. The van der Waals surface area contributed by atoms with Crippen LogP contribution in [0.2, 0.25) is 0 Å². The van der Waals surface area contributed by atoms with Crippen LogP contribution in [0.25, 0.3) is 10.8 Å². The molecule has 9 heteroatoms. The molecule has 1 aliphatic heterocycles. The number of nitrogens with zero attached hydrogens (tertiary/aromatic N) is 3. The van der Waals surface area contributed by atoms with Crippen molar-refractivity contribution in [3.8, 4) is 0 Å². The number of anilines is 2. The van der Waals surface area contributed by atoms with Crippen LogP contribution < -0.4 is 14.5 Å². The van der Waals surface area contributed by atoms with Crippen LogP contribution >= 0.6 is 0 Å². The Bertz CT molecular complexity index is 1490. The van der Waals surface area contributed by atoms with E-state index in [1.165, 1.54) is 0 Å². The van der Waals surface area contributed by atoms with Gasteiger partial charge in [-0.2, -0.15) is 0 Å². The van der Waals surface area contributed by atoms with E-state index in [4.69, 9.17) is 0 Å². The highest BCUT2D eigenvalue weighted by molar-refractivity contribution is 7.89. The van der Waals surface area contributed by atoms with Crippen LogP contribution in [0.5, 0.6) is 0 Å². The minimum absolute atomic E-state index is 0.0245. The second kappa shape index (κ2) is 9.24. The highest BCUT2D eigenvalue weighted by atomic mass is 32.2. The molecular formula is C28H32N4O4S. The Balaban J connectivity index is 1.27. The molecule has 1 unspecified atom stereocenters. The molecule has 3 aromatic rings. The molecule has 3 aromatic carbocycles. The minimum Gasteiger partial charge on any atom is -0.314 e. The summed E-state index contributed by atoms with van der Waals surface area (Å²) in [6, 6.07) is 17.9. The molecule has 0 aromatic heterocycles. The fourth-order valence-corrected chi connectivity index (χ4v) is 6.50. The first-order chi connectivity index (χ1) is 17.5. The molecule has 1 spiro atoms. The first kappa shape index (κ1) is 25.4. The number of hydrogen-bond donors (Lipinski definition) is 1. The van der Waals surface area contributed by atoms with Gasteiger partial charge in [-0.3, -0.25) is 9.59 Å². The lowest BCUT2D eigenvalue weighted by Crippen LogP contribution is -2.35. The maximum atomic E-state index is 13.4. The van der Waals surface area contributed by atoms with Gasteiger partial charge in [-0.05, 0) is 81.0 Å². The average molecular weight is 521 g/mol. The molecule has 1 N–H and O–H groups in total. The molecule has 1 saturated heterocycles. The Hall–Kier alpha value is -3.27. The number of hydrogen-bond acceptors (Lipinski definition) is 5. The summed E-state index contributed by atoms with van der Waals surface area (Å²) in [5.74, 6) is -0.0810. The average Bonchev–Trinajstić information content (AvgIpc) is 3.44. The van der Waals surface area contributed by atoms with E-state index in [2.05, 4.69) is 4.72 Å². The van der Waals surface area contributed by atoms with Gasteiger partial charge in [0.15, 0.2) is 0 Å². The van der Waals surface area contributed by atoms with Crippen LogP contribution in [0.4, 0.5) is 11.4 Å². The molecule has 2 fully saturated rings. The Morgan fingerprint density at radius 2 is 1.70 bits per heavy atom. The van der Waals surface area contributed by atoms with Gasteiger partial charge >= 0.3 is 0 Å². The summed E-state index contributed by atoms with van der Waals surface area (Å²) < 4.78 is 29.1. The molecule has 0 bridgehead atoms. The Morgan fingerprint density at radius 3 is 2.41 bits per heavy atom. The Kier molecular flexibility index (Phi) is 6.34. The van der Waals surface area contributed by atoms with Crippen LogP contribution in [-0.2, 0) is 19.6 Å². The predicted octanol–water partition coefficient (Wildman–Crippen LogP) is 3.15. The zero-order valence-corrected chi connectivity index (χ0v) is 22.4. The summed E-state index contributed by atoms with van der Waals surface area (Å²) in [6.45, 7) is 2.84. The lowest BCUT2D eigenvalue weighted by molar-refractivity contribution is -0.121. The van der Waals surface area contributed by atoms with Crippen molar-refractivity contribution in [3.05, 3.63) is 66.2 Å². The molecule has 37 heavy (non-hydrogen) atoms. The van der Waals surface area contributed by atoms with E-state index in [0.717, 1.165) is 27.7 Å². The van der Waals surface area contributed by atoms with Gasteiger partial charge in [-0.25, -0.2) is 13.1 Å². The number of benzene rings is 3. The number of rotatable bonds is 7. The summed E-state index contributed by atoms with van der Waals surface area (Å²) in [5, 5.41) is 1.85. The number of aryl methyl sites for hydroxylation is 1. The van der Waals surface area contributed by atoms with Crippen molar-refractivity contribution < 1.29 is 18.0 Å². The van der Waals surface area contributed by atoms with Crippen LogP contribution in [-0.4, -0.2) is 65.4 Å². The fraction of sp³-hybridized carbons (Fsp3) is 0.357. The largest absolute Gasteiger partial charge is 0.314 e. The minimum atomic E-state index is -3.76. The molecule has 1 aliphatic carbocycles. The molecule has 8 nitrogen and oxygen atoms in total. The third-order valence-electron chi connectivity index (χ3n) is 7.48. The molecular weight excluding hydrogens is 488 g/mol. The van der Waals surface area contributed by atoms with E-state index in [1.807, 2.05) is 74.4 Å². The second-order valence-electron chi connectivity index (χ2n) is 10.5. The van der Waals surface area contributed by atoms with Crippen molar-refractivity contribution in [2.75, 3.05) is 44.0 Å². The SMILES string of the molecule is Cc1ccc2cc(S(=O)(=O)NC3C[C@@]34CCN(c3ccc(N(C)C(=O)CN(C)C)cc3)C4=O)ccc2c1. The van der Waals surface area contributed by atoms with E-state index >= 15 is 0 Å². The normalized spacial score (nSPS) is 21.3. The summed E-state index contributed by atoms with van der Waals surface area (Å²) in [6.07, 6.45) is 1.09. The number of nitrogens with one attached hydrogen (secondary N) is 1. The highest BCUT2D eigenvalue weighted by Crippen LogP contribution is 2.55. The highest BCUT2D eigenvalue weighted by Gasteiger charge is 2.65. The van der Waals surface area contributed by atoms with Gasteiger partial charge in [-0.15, -0.1) is 0 Å². The maximum Gasteiger partial charge on any atom is 0.240 e. The van der Waals surface area contributed by atoms with Gasteiger partial charge in [0.05, 0.1) is 16.9 Å². The topological polar surface area (TPSA) is 90.0 Å². The third-order valence-corrected chi connectivity index (χ3v) is 8.95. The van der Waals surface area contributed by atoms with Crippen LogP contribution in [0.15, 0.2) is 65.6 Å². The van der Waals surface area contributed by atoms with Gasteiger partial charge in [0.25, 0.3) is 0 Å². The van der Waals surface area contributed by atoms with E-state index in [-0.39, 0.29) is 16.7 Å². The number of fused-ring (bicyclic) bond motifs is 1. The second-order valence-corrected chi connectivity index (χ2v) is 12.2. The predicted molar refractivity (Wildman–Crippen MR) is 145 cm³/mol. The molecule has 2 atom stereocenters. The maximum absolute atomic E-state index is 13.4. The monoisotopic (exact) mass is 520 g/mol. The van der Waals surface area contributed by atoms with Gasteiger partial charge in [0, 0.05) is 31.0 Å². The first-order valence-electron chi connectivity index (χ1n) is 12.4. The summed E-state index contributed by atoms with van der Waals surface area (Å²) in [5.41, 5.74) is 1.92. The van der Waals surface area contributed by atoms with Gasteiger partial charge in [-0.1, -0.05) is 29.8 Å². The van der Waals surface area contributed by atoms with Crippen LogP contribution in [0, 0.1) is 12.3 Å². The van der Waals surface area contributed by atoms with Crippen molar-refractivity contribution in [2.45, 2.75) is 30.7 Å². The lowest BCUT2D eigenvalue weighted by atomic mass is 10.1. The molecule has 2 aliphatic rings. The van der Waals surface area contributed by atoms with E-state index in [1.54, 1.807) is 29.0 Å². The van der Waals surface area contributed by atoms with E-state index in [9.17, 15) is 18.0 Å². The molecule has 194 valence electrons. The number of likely N-dealkylation sites (N-methyl/N-ethyl adjacent to an activating group) is 2. The fourth-order valence-electron chi connectivity index (χ4n) is 5.15. The zero-order chi connectivity index (χ0) is 26.5. The zero-order valence-electron chi connectivity index (χ0n) is 21.6. The van der Waals surface area contributed by atoms with Crippen LogP contribution in [0.1, 0.15) is 18.4 Å². The lowest BCUT2D eigenvalue weighted by Gasteiger charge is -2.22. The summed E-state index contributed by atoms with van der Waals surface area (Å²) >= 11 is 0. The van der Waals surface area contributed by atoms with Crippen molar-refractivity contribution in [2.24, 2.45) is 5.41 Å². The smallest absolute Gasteiger partial charge is 0.240 e. The third kappa shape index (κ3) is 4.74. The molecule has 0 radical (unpaired) electrons. The van der Waals surface area contributed by atoms with Gasteiger partial charge in [0.2, 0.25) is 21.8 Å². The van der Waals surface area contributed by atoms with Crippen LogP contribution in [0.3, 0.4) is 0 Å². The first-order valence-corrected chi connectivity index (χ1v) is 13.8. The molecule has 2 amide bonds. The molecule has 1 saturated carbocycles. The van der Waals surface area contributed by atoms with E-state index < -0.39 is 21.5 Å². The summed E-state index contributed by atoms with van der Waals surface area (Å²) in [4.78, 5) is 31.1. The van der Waals surface area contributed by atoms with Crippen molar-refractivity contribution >= 4 is 44.0 Å². The Labute approximate surface area is 217 Å². The van der Waals surface area contributed by atoms with Gasteiger partial charge in [0.1, 0.15) is 0 Å². The number of amides is 2.